The standard InChI is InChI=1S/C15H26N2O3S/c1-13(2)17-21(19,20)15-9-7-14(8-10-15)16-11-5-3-4-6-12-18/h7-10,13,16-18H,3-6,11-12H2,1-2H3. The van der Waals surface area contributed by atoms with Gasteiger partial charge in [0.1, 0.15) is 0 Å². The largest absolute Gasteiger partial charge is 0.396 e. The first-order valence-corrected chi connectivity index (χ1v) is 8.91. The predicted molar refractivity (Wildman–Crippen MR) is 85.9 cm³/mol. The van der Waals surface area contributed by atoms with Gasteiger partial charge in [0.25, 0.3) is 0 Å². The Hall–Kier alpha value is -1.11. The van der Waals surface area contributed by atoms with Gasteiger partial charge in [-0.25, -0.2) is 13.1 Å². The van der Waals surface area contributed by atoms with Crippen molar-refractivity contribution in [3.05, 3.63) is 24.3 Å². The number of rotatable bonds is 10. The molecule has 5 nitrogen and oxygen atoms in total. The van der Waals surface area contributed by atoms with Gasteiger partial charge in [0.15, 0.2) is 0 Å². The quantitative estimate of drug-likeness (QED) is 0.579. The smallest absolute Gasteiger partial charge is 0.240 e. The van der Waals surface area contributed by atoms with Crippen molar-refractivity contribution in [2.45, 2.75) is 50.5 Å². The van der Waals surface area contributed by atoms with Crippen LogP contribution in [0.25, 0.3) is 0 Å². The van der Waals surface area contributed by atoms with E-state index in [9.17, 15) is 8.42 Å². The van der Waals surface area contributed by atoms with Crippen molar-refractivity contribution in [3.8, 4) is 0 Å². The summed E-state index contributed by atoms with van der Waals surface area (Å²) >= 11 is 0. The Labute approximate surface area is 127 Å². The van der Waals surface area contributed by atoms with E-state index in [4.69, 9.17) is 5.11 Å². The molecular weight excluding hydrogens is 288 g/mol. The summed E-state index contributed by atoms with van der Waals surface area (Å²) in [6.07, 6.45) is 4.01. The number of anilines is 1. The second kappa shape index (κ2) is 9.02. The molecule has 0 atom stereocenters. The van der Waals surface area contributed by atoms with Gasteiger partial charge in [-0.05, 0) is 51.0 Å². The van der Waals surface area contributed by atoms with Crippen LogP contribution in [0.1, 0.15) is 39.5 Å². The Kier molecular flexibility index (Phi) is 7.71. The van der Waals surface area contributed by atoms with Crippen LogP contribution in [0.3, 0.4) is 0 Å². The van der Waals surface area contributed by atoms with Gasteiger partial charge < -0.3 is 10.4 Å². The first-order valence-electron chi connectivity index (χ1n) is 7.43. The summed E-state index contributed by atoms with van der Waals surface area (Å²) < 4.78 is 26.5. The van der Waals surface area contributed by atoms with Gasteiger partial charge in [0.2, 0.25) is 10.0 Å². The molecule has 0 aliphatic rings. The van der Waals surface area contributed by atoms with Crippen LogP contribution in [-0.4, -0.2) is 32.7 Å². The number of hydrogen-bond acceptors (Lipinski definition) is 4. The molecule has 0 fully saturated rings. The second-order valence-corrected chi connectivity index (χ2v) is 7.08. The monoisotopic (exact) mass is 314 g/mol. The summed E-state index contributed by atoms with van der Waals surface area (Å²) in [4.78, 5) is 0.282. The second-order valence-electron chi connectivity index (χ2n) is 5.36. The van der Waals surface area contributed by atoms with Crippen molar-refractivity contribution in [3.63, 3.8) is 0 Å². The van der Waals surface area contributed by atoms with Gasteiger partial charge in [-0.2, -0.15) is 0 Å². The SMILES string of the molecule is CC(C)NS(=O)(=O)c1ccc(NCCCCCCO)cc1. The van der Waals surface area contributed by atoms with Crippen LogP contribution in [-0.2, 0) is 10.0 Å². The molecule has 0 aliphatic heterocycles. The molecule has 0 amide bonds. The van der Waals surface area contributed by atoms with Crippen molar-refractivity contribution < 1.29 is 13.5 Å². The number of unbranched alkanes of at least 4 members (excludes halogenated alkanes) is 3. The summed E-state index contributed by atoms with van der Waals surface area (Å²) in [5, 5.41) is 11.9. The molecule has 0 heterocycles. The molecule has 21 heavy (non-hydrogen) atoms. The van der Waals surface area contributed by atoms with Crippen molar-refractivity contribution in [2.24, 2.45) is 0 Å². The Bertz CT molecular complexity index is 498. The molecule has 120 valence electrons. The van der Waals surface area contributed by atoms with E-state index in [0.717, 1.165) is 37.9 Å². The zero-order chi connectivity index (χ0) is 15.7. The fourth-order valence-electron chi connectivity index (χ4n) is 1.95. The van der Waals surface area contributed by atoms with Crippen LogP contribution >= 0.6 is 0 Å². The van der Waals surface area contributed by atoms with Crippen molar-refractivity contribution >= 4 is 15.7 Å². The van der Waals surface area contributed by atoms with Crippen LogP contribution in [0, 0.1) is 0 Å². The van der Waals surface area contributed by atoms with E-state index in [-0.39, 0.29) is 17.5 Å². The highest BCUT2D eigenvalue weighted by molar-refractivity contribution is 7.89. The lowest BCUT2D eigenvalue weighted by molar-refractivity contribution is 0.283. The van der Waals surface area contributed by atoms with Gasteiger partial charge in [-0.1, -0.05) is 12.8 Å². The van der Waals surface area contributed by atoms with E-state index in [1.54, 1.807) is 38.1 Å². The zero-order valence-corrected chi connectivity index (χ0v) is 13.6. The van der Waals surface area contributed by atoms with E-state index >= 15 is 0 Å². The number of aliphatic hydroxyl groups is 1. The van der Waals surface area contributed by atoms with Gasteiger partial charge in [0, 0.05) is 24.9 Å². The molecule has 0 aliphatic carbocycles. The summed E-state index contributed by atoms with van der Waals surface area (Å²) in [5.41, 5.74) is 0.917. The summed E-state index contributed by atoms with van der Waals surface area (Å²) in [7, 11) is -3.41. The highest BCUT2D eigenvalue weighted by atomic mass is 32.2. The molecule has 1 aromatic carbocycles. The number of aliphatic hydroxyl groups excluding tert-OH is 1. The fourth-order valence-corrected chi connectivity index (χ4v) is 3.20. The summed E-state index contributed by atoms with van der Waals surface area (Å²) in [5.74, 6) is 0. The minimum atomic E-state index is -3.41. The third kappa shape index (κ3) is 6.93. The Morgan fingerprint density at radius 3 is 2.24 bits per heavy atom. The minimum Gasteiger partial charge on any atom is -0.396 e. The Morgan fingerprint density at radius 2 is 1.67 bits per heavy atom. The lowest BCUT2D eigenvalue weighted by Gasteiger charge is -2.11. The Balaban J connectivity index is 2.44. The van der Waals surface area contributed by atoms with Crippen LogP contribution in [0.4, 0.5) is 5.69 Å². The fraction of sp³-hybridized carbons (Fsp3) is 0.600. The lowest BCUT2D eigenvalue weighted by atomic mass is 10.2. The maximum absolute atomic E-state index is 12.0. The van der Waals surface area contributed by atoms with E-state index in [1.165, 1.54) is 0 Å². The molecule has 0 saturated heterocycles. The van der Waals surface area contributed by atoms with Gasteiger partial charge in [-0.3, -0.25) is 0 Å². The molecule has 0 unspecified atom stereocenters. The highest BCUT2D eigenvalue weighted by Crippen LogP contribution is 2.14. The van der Waals surface area contributed by atoms with E-state index in [0.29, 0.717) is 0 Å². The number of benzene rings is 1. The Morgan fingerprint density at radius 1 is 1.05 bits per heavy atom. The van der Waals surface area contributed by atoms with Crippen LogP contribution in [0.15, 0.2) is 29.2 Å². The summed E-state index contributed by atoms with van der Waals surface area (Å²) in [6.45, 7) is 4.70. The summed E-state index contributed by atoms with van der Waals surface area (Å²) in [6, 6.07) is 6.66. The minimum absolute atomic E-state index is 0.119. The van der Waals surface area contributed by atoms with Crippen LogP contribution < -0.4 is 10.0 Å². The molecule has 0 radical (unpaired) electrons. The van der Waals surface area contributed by atoms with Gasteiger partial charge in [0.05, 0.1) is 4.90 Å². The average Bonchev–Trinajstić information content (AvgIpc) is 2.42. The number of sulfonamides is 1. The van der Waals surface area contributed by atoms with E-state index in [1.807, 2.05) is 0 Å². The zero-order valence-electron chi connectivity index (χ0n) is 12.8. The third-order valence-corrected chi connectivity index (χ3v) is 4.64. The highest BCUT2D eigenvalue weighted by Gasteiger charge is 2.14. The van der Waals surface area contributed by atoms with Crippen LogP contribution in [0.5, 0.6) is 0 Å². The van der Waals surface area contributed by atoms with Crippen molar-refractivity contribution in [1.82, 2.24) is 4.72 Å². The predicted octanol–water partition coefficient (Wildman–Crippen LogP) is 2.34. The first kappa shape index (κ1) is 17.9. The van der Waals surface area contributed by atoms with Crippen LogP contribution in [0.2, 0.25) is 0 Å². The topological polar surface area (TPSA) is 78.4 Å². The molecule has 0 saturated carbocycles. The maximum atomic E-state index is 12.0. The number of hydrogen-bond donors (Lipinski definition) is 3. The molecule has 1 aromatic rings. The molecule has 1 rings (SSSR count). The van der Waals surface area contributed by atoms with E-state index in [2.05, 4.69) is 10.0 Å². The van der Waals surface area contributed by atoms with Crippen molar-refractivity contribution in [1.29, 1.82) is 0 Å². The molecule has 3 N–H and O–H groups in total. The first-order chi connectivity index (χ1) is 9.95. The van der Waals surface area contributed by atoms with Gasteiger partial charge >= 0.3 is 0 Å². The molecule has 0 bridgehead atoms. The van der Waals surface area contributed by atoms with Crippen molar-refractivity contribution in [2.75, 3.05) is 18.5 Å². The molecule has 0 spiro atoms. The number of nitrogens with one attached hydrogen (secondary N) is 2. The third-order valence-electron chi connectivity index (χ3n) is 2.97. The average molecular weight is 314 g/mol. The van der Waals surface area contributed by atoms with E-state index < -0.39 is 10.0 Å². The normalized spacial score (nSPS) is 11.8. The van der Waals surface area contributed by atoms with Gasteiger partial charge in [-0.15, -0.1) is 0 Å². The molecular formula is C15H26N2O3S. The maximum Gasteiger partial charge on any atom is 0.240 e. The molecule has 0 aromatic heterocycles. The molecule has 6 heteroatoms. The lowest BCUT2D eigenvalue weighted by Crippen LogP contribution is -2.30.